The topological polar surface area (TPSA) is 82.9 Å². The summed E-state index contributed by atoms with van der Waals surface area (Å²) in [6, 6.07) is 21.6. The van der Waals surface area contributed by atoms with Crippen LogP contribution in [0.5, 0.6) is 17.4 Å². The lowest BCUT2D eigenvalue weighted by atomic mass is 10.1. The maximum atomic E-state index is 14.7. The van der Waals surface area contributed by atoms with E-state index < -0.39 is 15.8 Å². The number of para-hydroxylation sites is 2. The molecule has 39 heavy (non-hydrogen) atoms. The molecule has 0 N–H and O–H groups in total. The molecule has 8 nitrogen and oxygen atoms in total. The molecule has 1 heterocycles. The summed E-state index contributed by atoms with van der Waals surface area (Å²) in [4.78, 5) is 0.109. The molecule has 0 radical (unpaired) electrons. The quantitative estimate of drug-likeness (QED) is 0.221. The third kappa shape index (κ3) is 6.30. The summed E-state index contributed by atoms with van der Waals surface area (Å²) < 4.78 is 61.9. The van der Waals surface area contributed by atoms with Crippen LogP contribution in [0.1, 0.15) is 31.0 Å². The van der Waals surface area contributed by atoms with Gasteiger partial charge in [-0.15, -0.1) is 0 Å². The van der Waals surface area contributed by atoms with Crippen molar-refractivity contribution in [3.05, 3.63) is 95.9 Å². The van der Waals surface area contributed by atoms with Gasteiger partial charge in [0.05, 0.1) is 35.6 Å². The first kappa shape index (κ1) is 28.3. The van der Waals surface area contributed by atoms with E-state index in [1.165, 1.54) is 42.8 Å². The number of halogens is 1. The predicted octanol–water partition coefficient (Wildman–Crippen LogP) is 5.77. The number of rotatable bonds is 12. The molecular weight excluding hydrogens is 521 g/mol. The molecule has 0 fully saturated rings. The standard InChI is InChI=1S/C29H32FN3O5S/c1-21(2)28-25(20-32(18-19-36-3)39(34,35)24-16-14-23(37-4)15-17-24)29(38-27-13-9-8-12-26(27)30)33(31-28)22-10-6-5-7-11-22/h5-17,21H,18-20H2,1-4H3. The molecule has 0 atom stereocenters. The molecule has 0 saturated carbocycles. The number of aromatic nitrogens is 2. The van der Waals surface area contributed by atoms with Crippen LogP contribution in [-0.2, 0) is 21.3 Å². The number of ether oxygens (including phenoxy) is 3. The zero-order chi connectivity index (χ0) is 28.0. The van der Waals surface area contributed by atoms with Gasteiger partial charge in [-0.1, -0.05) is 44.2 Å². The van der Waals surface area contributed by atoms with E-state index in [-0.39, 0.29) is 42.1 Å². The molecule has 0 amide bonds. The second kappa shape index (κ2) is 12.4. The van der Waals surface area contributed by atoms with Crippen molar-refractivity contribution in [1.29, 1.82) is 0 Å². The third-order valence-corrected chi connectivity index (χ3v) is 7.99. The molecule has 0 aliphatic heterocycles. The van der Waals surface area contributed by atoms with Crippen molar-refractivity contribution in [2.75, 3.05) is 27.4 Å². The molecule has 0 saturated heterocycles. The van der Waals surface area contributed by atoms with Gasteiger partial charge in [-0.05, 0) is 54.4 Å². The minimum Gasteiger partial charge on any atom is -0.497 e. The Morgan fingerprint density at radius 2 is 1.62 bits per heavy atom. The Balaban J connectivity index is 1.86. The lowest BCUT2D eigenvalue weighted by Crippen LogP contribution is -2.34. The summed E-state index contributed by atoms with van der Waals surface area (Å²) in [6.45, 7) is 4.11. The molecule has 1 aromatic heterocycles. The van der Waals surface area contributed by atoms with Gasteiger partial charge in [0.1, 0.15) is 5.75 Å². The summed E-state index contributed by atoms with van der Waals surface area (Å²) in [6.07, 6.45) is 0. The summed E-state index contributed by atoms with van der Waals surface area (Å²) in [7, 11) is -0.932. The highest BCUT2D eigenvalue weighted by Crippen LogP contribution is 2.36. The Morgan fingerprint density at radius 1 is 0.949 bits per heavy atom. The fraction of sp³-hybridized carbons (Fsp3) is 0.276. The van der Waals surface area contributed by atoms with Crippen molar-refractivity contribution in [3.8, 4) is 23.1 Å². The van der Waals surface area contributed by atoms with Crippen molar-refractivity contribution in [3.63, 3.8) is 0 Å². The van der Waals surface area contributed by atoms with Gasteiger partial charge in [0.15, 0.2) is 11.6 Å². The van der Waals surface area contributed by atoms with Crippen molar-refractivity contribution in [2.24, 2.45) is 0 Å². The molecule has 4 rings (SSSR count). The van der Waals surface area contributed by atoms with E-state index in [0.29, 0.717) is 22.7 Å². The Labute approximate surface area is 228 Å². The summed E-state index contributed by atoms with van der Waals surface area (Å²) in [5.41, 5.74) is 1.86. The van der Waals surface area contributed by atoms with E-state index >= 15 is 0 Å². The number of methoxy groups -OCH3 is 2. The maximum Gasteiger partial charge on any atom is 0.243 e. The van der Waals surface area contributed by atoms with Crippen LogP contribution < -0.4 is 9.47 Å². The smallest absolute Gasteiger partial charge is 0.243 e. The maximum absolute atomic E-state index is 14.7. The van der Waals surface area contributed by atoms with E-state index in [0.717, 1.165) is 0 Å². The average molecular weight is 554 g/mol. The van der Waals surface area contributed by atoms with Crippen molar-refractivity contribution in [2.45, 2.75) is 31.2 Å². The van der Waals surface area contributed by atoms with Crippen LogP contribution in [0.4, 0.5) is 4.39 Å². The van der Waals surface area contributed by atoms with Gasteiger partial charge in [-0.2, -0.15) is 9.40 Å². The molecule has 0 spiro atoms. The Kier molecular flexibility index (Phi) is 9.01. The number of sulfonamides is 1. The first-order valence-corrected chi connectivity index (χ1v) is 13.9. The minimum absolute atomic E-state index is 0.00703. The number of nitrogens with zero attached hydrogens (tertiary/aromatic N) is 3. The summed E-state index contributed by atoms with van der Waals surface area (Å²) in [5, 5.41) is 4.82. The predicted molar refractivity (Wildman–Crippen MR) is 147 cm³/mol. The molecular formula is C29H32FN3O5S. The van der Waals surface area contributed by atoms with Crippen molar-refractivity contribution < 1.29 is 27.0 Å². The van der Waals surface area contributed by atoms with Gasteiger partial charge in [0.25, 0.3) is 0 Å². The highest BCUT2D eigenvalue weighted by molar-refractivity contribution is 7.89. The van der Waals surface area contributed by atoms with Gasteiger partial charge >= 0.3 is 0 Å². The van der Waals surface area contributed by atoms with Crippen LogP contribution in [0.2, 0.25) is 0 Å². The summed E-state index contributed by atoms with van der Waals surface area (Å²) >= 11 is 0. The van der Waals surface area contributed by atoms with Crippen LogP contribution in [0.15, 0.2) is 83.8 Å². The van der Waals surface area contributed by atoms with Crippen LogP contribution >= 0.6 is 0 Å². The summed E-state index contributed by atoms with van der Waals surface area (Å²) in [5.74, 6) is 0.164. The van der Waals surface area contributed by atoms with Crippen LogP contribution in [0.3, 0.4) is 0 Å². The highest BCUT2D eigenvalue weighted by atomic mass is 32.2. The molecule has 206 valence electrons. The van der Waals surface area contributed by atoms with E-state index in [1.807, 2.05) is 44.2 Å². The number of benzene rings is 3. The average Bonchev–Trinajstić information content (AvgIpc) is 3.30. The van der Waals surface area contributed by atoms with Gasteiger partial charge < -0.3 is 14.2 Å². The van der Waals surface area contributed by atoms with E-state index in [4.69, 9.17) is 19.3 Å². The zero-order valence-corrected chi connectivity index (χ0v) is 23.2. The Hall–Kier alpha value is -3.73. The normalized spacial score (nSPS) is 11.8. The molecule has 0 bridgehead atoms. The minimum atomic E-state index is -3.96. The zero-order valence-electron chi connectivity index (χ0n) is 22.4. The first-order chi connectivity index (χ1) is 18.8. The largest absolute Gasteiger partial charge is 0.497 e. The van der Waals surface area contributed by atoms with Crippen molar-refractivity contribution in [1.82, 2.24) is 14.1 Å². The lowest BCUT2D eigenvalue weighted by molar-refractivity contribution is 0.177. The molecule has 4 aromatic rings. The van der Waals surface area contributed by atoms with E-state index in [9.17, 15) is 12.8 Å². The molecule has 3 aromatic carbocycles. The van der Waals surface area contributed by atoms with Crippen LogP contribution in [0.25, 0.3) is 5.69 Å². The van der Waals surface area contributed by atoms with Gasteiger partial charge in [-0.25, -0.2) is 17.5 Å². The monoisotopic (exact) mass is 553 g/mol. The molecule has 0 unspecified atom stereocenters. The third-order valence-electron chi connectivity index (χ3n) is 6.13. The first-order valence-electron chi connectivity index (χ1n) is 12.5. The number of hydrogen-bond acceptors (Lipinski definition) is 6. The van der Waals surface area contributed by atoms with Crippen LogP contribution in [-0.4, -0.2) is 49.9 Å². The SMILES string of the molecule is COCCN(Cc1c(C(C)C)nn(-c2ccccc2)c1Oc1ccccc1F)S(=O)(=O)c1ccc(OC)cc1. The second-order valence-electron chi connectivity index (χ2n) is 9.11. The fourth-order valence-corrected chi connectivity index (χ4v) is 5.49. The number of hydrogen-bond donors (Lipinski definition) is 0. The van der Waals surface area contributed by atoms with Gasteiger partial charge in [0, 0.05) is 20.2 Å². The lowest BCUT2D eigenvalue weighted by Gasteiger charge is -2.23. The van der Waals surface area contributed by atoms with Crippen LogP contribution in [0, 0.1) is 5.82 Å². The van der Waals surface area contributed by atoms with Crippen molar-refractivity contribution >= 4 is 10.0 Å². The van der Waals surface area contributed by atoms with E-state index in [2.05, 4.69) is 0 Å². The van der Waals surface area contributed by atoms with E-state index in [1.54, 1.807) is 28.9 Å². The fourth-order valence-electron chi connectivity index (χ4n) is 4.09. The highest BCUT2D eigenvalue weighted by Gasteiger charge is 2.31. The molecule has 10 heteroatoms. The van der Waals surface area contributed by atoms with Gasteiger partial charge in [0.2, 0.25) is 15.9 Å². The Bertz CT molecular complexity index is 1490. The molecule has 0 aliphatic rings. The van der Waals surface area contributed by atoms with Gasteiger partial charge in [-0.3, -0.25) is 0 Å². The Morgan fingerprint density at radius 3 is 2.23 bits per heavy atom. The second-order valence-corrected chi connectivity index (χ2v) is 11.0. The molecule has 0 aliphatic carbocycles.